The van der Waals surface area contributed by atoms with Gasteiger partial charge in [-0.1, -0.05) is 37.3 Å². The lowest BCUT2D eigenvalue weighted by atomic mass is 9.96. The average Bonchev–Trinajstić information content (AvgIpc) is 2.67. The summed E-state index contributed by atoms with van der Waals surface area (Å²) in [6.45, 7) is 13.6. The Hall–Kier alpha value is -1.75. The molecule has 1 aromatic carbocycles. The first kappa shape index (κ1) is 23.3. The van der Waals surface area contributed by atoms with Crippen LogP contribution >= 0.6 is 0 Å². The summed E-state index contributed by atoms with van der Waals surface area (Å²) in [6.07, 6.45) is 7.47. The zero-order valence-corrected chi connectivity index (χ0v) is 17.7. The Morgan fingerprint density at radius 1 is 1.00 bits per heavy atom. The lowest BCUT2D eigenvalue weighted by Gasteiger charge is -2.27. The van der Waals surface area contributed by atoms with Crippen molar-refractivity contribution in [1.82, 2.24) is 4.98 Å². The van der Waals surface area contributed by atoms with Crippen LogP contribution in [0.1, 0.15) is 59.4 Å². The summed E-state index contributed by atoms with van der Waals surface area (Å²) in [5, 5.41) is 1.22. The third kappa shape index (κ3) is 7.79. The highest BCUT2D eigenvalue weighted by molar-refractivity contribution is 5.78. The molecule has 1 aromatic heterocycles. The largest absolute Gasteiger partial charge is 0.328 e. The Morgan fingerprint density at radius 3 is 2.11 bits per heavy atom. The maximum Gasteiger partial charge on any atom is 0.279 e. The highest BCUT2D eigenvalue weighted by Crippen LogP contribution is 2.23. The van der Waals surface area contributed by atoms with E-state index in [0.717, 1.165) is 11.9 Å². The van der Waals surface area contributed by atoms with Gasteiger partial charge in [0.1, 0.15) is 0 Å². The van der Waals surface area contributed by atoms with Crippen LogP contribution in [0.3, 0.4) is 0 Å². The molecule has 150 valence electrons. The number of fused-ring (bicyclic) bond motifs is 1. The number of para-hydroxylation sites is 1. The van der Waals surface area contributed by atoms with Crippen molar-refractivity contribution in [1.29, 1.82) is 0 Å². The van der Waals surface area contributed by atoms with E-state index >= 15 is 0 Å². The molecule has 0 N–H and O–H groups in total. The molecule has 27 heavy (non-hydrogen) atoms. The molecule has 0 saturated carbocycles. The summed E-state index contributed by atoms with van der Waals surface area (Å²) in [5.74, 6) is -0.361. The molecule has 0 aliphatic rings. The second kappa shape index (κ2) is 12.6. The molecule has 2 aromatic rings. The van der Waals surface area contributed by atoms with Gasteiger partial charge in [-0.25, -0.2) is 0 Å². The molecule has 1 unspecified atom stereocenters. The SMILES string of the molecule is C/C=C/C(CC)c1cnc2ccccc2c1.CCOC(C)(OCC)OCC. The number of nitrogens with zero attached hydrogens (tertiary/aromatic N) is 1. The quantitative estimate of drug-likeness (QED) is 0.395. The van der Waals surface area contributed by atoms with E-state index in [0.29, 0.717) is 25.7 Å². The van der Waals surface area contributed by atoms with Crippen molar-refractivity contribution in [3.05, 3.63) is 54.2 Å². The summed E-state index contributed by atoms with van der Waals surface area (Å²) in [4.78, 5) is 4.50. The topological polar surface area (TPSA) is 40.6 Å². The van der Waals surface area contributed by atoms with Gasteiger partial charge in [-0.05, 0) is 51.8 Å². The first-order chi connectivity index (χ1) is 13.0. The van der Waals surface area contributed by atoms with Crippen LogP contribution in [0.5, 0.6) is 0 Å². The Balaban J connectivity index is 0.000000293. The molecule has 4 nitrogen and oxygen atoms in total. The summed E-state index contributed by atoms with van der Waals surface area (Å²) >= 11 is 0. The van der Waals surface area contributed by atoms with Crippen LogP contribution in [0.2, 0.25) is 0 Å². The first-order valence-electron chi connectivity index (χ1n) is 9.92. The Bertz CT molecular complexity index is 667. The number of rotatable bonds is 9. The van der Waals surface area contributed by atoms with Crippen LogP contribution in [0, 0.1) is 0 Å². The second-order valence-corrected chi connectivity index (χ2v) is 6.16. The van der Waals surface area contributed by atoms with Gasteiger partial charge < -0.3 is 14.2 Å². The third-order valence-corrected chi connectivity index (χ3v) is 4.12. The minimum atomic E-state index is -0.849. The van der Waals surface area contributed by atoms with Crippen LogP contribution in [0.15, 0.2) is 48.7 Å². The third-order valence-electron chi connectivity index (χ3n) is 4.12. The van der Waals surface area contributed by atoms with Crippen molar-refractivity contribution < 1.29 is 14.2 Å². The number of hydrogen-bond donors (Lipinski definition) is 0. The van der Waals surface area contributed by atoms with Gasteiger partial charge in [0.15, 0.2) is 0 Å². The number of ether oxygens (including phenoxy) is 3. The predicted octanol–water partition coefficient (Wildman–Crippen LogP) is 6.07. The zero-order valence-electron chi connectivity index (χ0n) is 17.7. The van der Waals surface area contributed by atoms with Gasteiger partial charge in [-0.2, -0.15) is 0 Å². The van der Waals surface area contributed by atoms with E-state index in [1.54, 1.807) is 6.92 Å². The molecule has 0 aliphatic carbocycles. The number of pyridine rings is 1. The van der Waals surface area contributed by atoms with E-state index in [2.05, 4.69) is 55.2 Å². The number of hydrogen-bond acceptors (Lipinski definition) is 4. The molecule has 0 spiro atoms. The Kier molecular flexibility index (Phi) is 10.9. The molecule has 0 amide bonds. The fourth-order valence-electron chi connectivity index (χ4n) is 2.92. The van der Waals surface area contributed by atoms with Crippen molar-refractivity contribution in [2.24, 2.45) is 0 Å². The number of allylic oxidation sites excluding steroid dienone is 2. The van der Waals surface area contributed by atoms with Gasteiger partial charge >= 0.3 is 0 Å². The lowest BCUT2D eigenvalue weighted by molar-refractivity contribution is -0.365. The molecule has 0 aliphatic heterocycles. The molecule has 1 atom stereocenters. The fourth-order valence-corrected chi connectivity index (χ4v) is 2.92. The van der Waals surface area contributed by atoms with Crippen molar-refractivity contribution in [3.8, 4) is 0 Å². The molecule has 0 fully saturated rings. The highest BCUT2D eigenvalue weighted by atomic mass is 16.9. The normalized spacial score (nSPS) is 12.8. The van der Waals surface area contributed by atoms with Crippen LogP contribution < -0.4 is 0 Å². The second-order valence-electron chi connectivity index (χ2n) is 6.16. The average molecular weight is 374 g/mol. The van der Waals surface area contributed by atoms with Crippen LogP contribution in [0.4, 0.5) is 0 Å². The molecule has 0 radical (unpaired) electrons. The van der Waals surface area contributed by atoms with Crippen LogP contribution in [0.25, 0.3) is 10.9 Å². The van der Waals surface area contributed by atoms with Crippen molar-refractivity contribution >= 4 is 10.9 Å². The minimum absolute atomic E-state index is 0.488. The lowest BCUT2D eigenvalue weighted by Crippen LogP contribution is -2.35. The van der Waals surface area contributed by atoms with Crippen LogP contribution in [-0.2, 0) is 14.2 Å². The summed E-state index contributed by atoms with van der Waals surface area (Å²) in [7, 11) is 0. The van der Waals surface area contributed by atoms with Crippen LogP contribution in [-0.4, -0.2) is 30.8 Å². The van der Waals surface area contributed by atoms with E-state index in [4.69, 9.17) is 14.2 Å². The molecule has 0 saturated heterocycles. The number of benzene rings is 1. The molecule has 2 rings (SSSR count). The van der Waals surface area contributed by atoms with Gasteiger partial charge in [-0.15, -0.1) is 0 Å². The van der Waals surface area contributed by atoms with Crippen molar-refractivity contribution in [3.63, 3.8) is 0 Å². The Morgan fingerprint density at radius 2 is 1.59 bits per heavy atom. The zero-order chi connectivity index (χ0) is 20.1. The van der Waals surface area contributed by atoms with E-state index in [1.165, 1.54) is 10.9 Å². The monoisotopic (exact) mass is 373 g/mol. The summed E-state index contributed by atoms with van der Waals surface area (Å²) < 4.78 is 15.8. The molecule has 4 heteroatoms. The van der Waals surface area contributed by atoms with Gasteiger partial charge in [0.25, 0.3) is 5.97 Å². The van der Waals surface area contributed by atoms with Gasteiger partial charge in [0.2, 0.25) is 0 Å². The van der Waals surface area contributed by atoms with Gasteiger partial charge in [-0.3, -0.25) is 4.98 Å². The van der Waals surface area contributed by atoms with Gasteiger partial charge in [0, 0.05) is 44.2 Å². The molecule has 0 bridgehead atoms. The van der Waals surface area contributed by atoms with Crippen molar-refractivity contribution in [2.75, 3.05) is 19.8 Å². The van der Waals surface area contributed by atoms with E-state index in [1.807, 2.05) is 33.0 Å². The molecular formula is C23H35NO3. The van der Waals surface area contributed by atoms with Gasteiger partial charge in [0.05, 0.1) is 5.52 Å². The Labute approximate surface area is 164 Å². The molecular weight excluding hydrogens is 338 g/mol. The number of aromatic nitrogens is 1. The molecule has 1 heterocycles. The van der Waals surface area contributed by atoms with E-state index in [9.17, 15) is 0 Å². The minimum Gasteiger partial charge on any atom is -0.328 e. The van der Waals surface area contributed by atoms with Crippen molar-refractivity contribution in [2.45, 2.75) is 59.9 Å². The standard InChI is InChI=1S/C15H17N.C8H18O3/c1-3-7-12(4-2)14-10-13-8-5-6-9-15(13)16-11-14;1-5-9-8(4,10-6-2)11-7-3/h3,5-12H,4H2,1-2H3;5-7H2,1-4H3/b7-3+;. The van der Waals surface area contributed by atoms with E-state index < -0.39 is 5.97 Å². The van der Waals surface area contributed by atoms with E-state index in [-0.39, 0.29) is 0 Å². The fraction of sp³-hybridized carbons (Fsp3) is 0.522. The maximum atomic E-state index is 5.27. The summed E-state index contributed by atoms with van der Waals surface area (Å²) in [6, 6.07) is 10.5. The smallest absolute Gasteiger partial charge is 0.279 e. The summed E-state index contributed by atoms with van der Waals surface area (Å²) in [5.41, 5.74) is 2.38. The maximum absolute atomic E-state index is 5.27. The first-order valence-corrected chi connectivity index (χ1v) is 9.92. The highest BCUT2D eigenvalue weighted by Gasteiger charge is 2.24. The predicted molar refractivity (Wildman–Crippen MR) is 113 cm³/mol.